The number of nitrogens with zero attached hydrogens (tertiary/aromatic N) is 2. The molecule has 146 valence electrons. The molecular formula is C20H26N2O4S. The quantitative estimate of drug-likeness (QED) is 0.729. The molecule has 1 heterocycles. The Bertz CT molecular complexity index is 871. The Kier molecular flexibility index (Phi) is 6.04. The Labute approximate surface area is 161 Å². The normalized spacial score (nSPS) is 18.0. The SMILES string of the molecule is COc1cccc(C2CCN(S(=O)(=O)N(C)Cc3ccccc3)C2)c1OC. The molecule has 0 bridgehead atoms. The van der Waals surface area contributed by atoms with Crippen molar-refractivity contribution in [2.24, 2.45) is 0 Å². The van der Waals surface area contributed by atoms with E-state index in [4.69, 9.17) is 9.47 Å². The summed E-state index contributed by atoms with van der Waals surface area (Å²) in [7, 11) is 1.32. The van der Waals surface area contributed by atoms with Crippen molar-refractivity contribution in [1.29, 1.82) is 0 Å². The summed E-state index contributed by atoms with van der Waals surface area (Å²) in [6.07, 6.45) is 0.752. The molecule has 0 amide bonds. The first-order chi connectivity index (χ1) is 13.0. The van der Waals surface area contributed by atoms with Crippen molar-refractivity contribution in [3.8, 4) is 11.5 Å². The third-order valence-electron chi connectivity index (χ3n) is 4.99. The van der Waals surface area contributed by atoms with Gasteiger partial charge in [0.15, 0.2) is 11.5 Å². The maximum atomic E-state index is 13.0. The lowest BCUT2D eigenvalue weighted by Gasteiger charge is -2.24. The number of hydrogen-bond donors (Lipinski definition) is 0. The highest BCUT2D eigenvalue weighted by Gasteiger charge is 2.36. The van der Waals surface area contributed by atoms with Crippen LogP contribution in [0.5, 0.6) is 11.5 Å². The van der Waals surface area contributed by atoms with Crippen LogP contribution in [0, 0.1) is 0 Å². The summed E-state index contributed by atoms with van der Waals surface area (Å²) in [6.45, 7) is 1.28. The molecule has 0 aliphatic carbocycles. The van der Waals surface area contributed by atoms with Gasteiger partial charge in [-0.05, 0) is 18.1 Å². The van der Waals surface area contributed by atoms with E-state index in [-0.39, 0.29) is 5.92 Å². The molecule has 7 heteroatoms. The molecule has 3 rings (SSSR count). The minimum atomic E-state index is -3.52. The first-order valence-corrected chi connectivity index (χ1v) is 10.3. The minimum absolute atomic E-state index is 0.0787. The number of benzene rings is 2. The number of rotatable bonds is 7. The van der Waals surface area contributed by atoms with Crippen LogP contribution < -0.4 is 9.47 Å². The van der Waals surface area contributed by atoms with Gasteiger partial charge in [0, 0.05) is 38.2 Å². The predicted molar refractivity (Wildman–Crippen MR) is 105 cm³/mol. The van der Waals surface area contributed by atoms with Gasteiger partial charge >= 0.3 is 0 Å². The Morgan fingerprint density at radius 1 is 1.07 bits per heavy atom. The smallest absolute Gasteiger partial charge is 0.282 e. The molecule has 1 saturated heterocycles. The zero-order valence-electron chi connectivity index (χ0n) is 16.0. The van der Waals surface area contributed by atoms with Crippen molar-refractivity contribution in [1.82, 2.24) is 8.61 Å². The molecular weight excluding hydrogens is 364 g/mol. The van der Waals surface area contributed by atoms with Crippen LogP contribution in [0.4, 0.5) is 0 Å². The zero-order valence-corrected chi connectivity index (χ0v) is 16.8. The summed E-state index contributed by atoms with van der Waals surface area (Å²) in [4.78, 5) is 0. The molecule has 2 aromatic rings. The van der Waals surface area contributed by atoms with Gasteiger partial charge in [0.25, 0.3) is 10.2 Å². The Hall–Kier alpha value is -2.09. The summed E-state index contributed by atoms with van der Waals surface area (Å²) in [5, 5.41) is 0. The largest absolute Gasteiger partial charge is 0.493 e. The average molecular weight is 391 g/mol. The average Bonchev–Trinajstić information content (AvgIpc) is 3.18. The summed E-state index contributed by atoms with van der Waals surface area (Å²) in [6, 6.07) is 15.3. The zero-order chi connectivity index (χ0) is 19.4. The standard InChI is InChI=1S/C20H26N2O4S/c1-21(14-16-8-5-4-6-9-16)27(23,24)22-13-12-17(15-22)18-10-7-11-19(25-2)20(18)26-3/h4-11,17H,12-15H2,1-3H3. The number of ether oxygens (including phenoxy) is 2. The van der Waals surface area contributed by atoms with E-state index in [2.05, 4.69) is 0 Å². The van der Waals surface area contributed by atoms with Crippen molar-refractivity contribution in [3.63, 3.8) is 0 Å². The molecule has 0 radical (unpaired) electrons. The van der Waals surface area contributed by atoms with Gasteiger partial charge in [0.2, 0.25) is 0 Å². The maximum absolute atomic E-state index is 13.0. The Morgan fingerprint density at radius 2 is 1.81 bits per heavy atom. The molecule has 1 fully saturated rings. The van der Waals surface area contributed by atoms with Gasteiger partial charge in [-0.2, -0.15) is 17.0 Å². The van der Waals surface area contributed by atoms with E-state index in [0.717, 1.165) is 17.5 Å². The molecule has 1 unspecified atom stereocenters. The molecule has 1 aliphatic heterocycles. The number of hydrogen-bond acceptors (Lipinski definition) is 4. The second-order valence-corrected chi connectivity index (χ2v) is 8.71. The van der Waals surface area contributed by atoms with Gasteiger partial charge in [0.1, 0.15) is 0 Å². The molecule has 2 aromatic carbocycles. The summed E-state index contributed by atoms with van der Waals surface area (Å²) < 4.78 is 39.8. The highest BCUT2D eigenvalue weighted by atomic mass is 32.2. The van der Waals surface area contributed by atoms with Gasteiger partial charge in [-0.25, -0.2) is 0 Å². The Morgan fingerprint density at radius 3 is 2.48 bits per heavy atom. The maximum Gasteiger partial charge on any atom is 0.282 e. The van der Waals surface area contributed by atoms with Crippen molar-refractivity contribution in [2.75, 3.05) is 34.4 Å². The van der Waals surface area contributed by atoms with Crippen LogP contribution >= 0.6 is 0 Å². The third-order valence-corrected chi connectivity index (χ3v) is 6.89. The fraction of sp³-hybridized carbons (Fsp3) is 0.400. The van der Waals surface area contributed by atoms with Crippen LogP contribution in [0.1, 0.15) is 23.5 Å². The number of methoxy groups -OCH3 is 2. The van der Waals surface area contributed by atoms with E-state index in [1.165, 1.54) is 4.31 Å². The van der Waals surface area contributed by atoms with Crippen LogP contribution in [0.15, 0.2) is 48.5 Å². The van der Waals surface area contributed by atoms with Crippen LogP contribution in [0.3, 0.4) is 0 Å². The Balaban J connectivity index is 1.75. The van der Waals surface area contributed by atoms with Crippen molar-refractivity contribution >= 4 is 10.2 Å². The van der Waals surface area contributed by atoms with Crippen molar-refractivity contribution < 1.29 is 17.9 Å². The molecule has 6 nitrogen and oxygen atoms in total. The van der Waals surface area contributed by atoms with Gasteiger partial charge in [-0.3, -0.25) is 0 Å². The monoisotopic (exact) mass is 390 g/mol. The second kappa shape index (κ2) is 8.29. The highest BCUT2D eigenvalue weighted by Crippen LogP contribution is 2.39. The summed E-state index contributed by atoms with van der Waals surface area (Å²) in [5.74, 6) is 1.43. The predicted octanol–water partition coefficient (Wildman–Crippen LogP) is 2.87. The first kappa shape index (κ1) is 19.7. The van der Waals surface area contributed by atoms with E-state index < -0.39 is 10.2 Å². The van der Waals surface area contributed by atoms with Crippen LogP contribution in [-0.4, -0.2) is 51.4 Å². The van der Waals surface area contributed by atoms with Crippen LogP contribution in [-0.2, 0) is 16.8 Å². The topological polar surface area (TPSA) is 59.1 Å². The van der Waals surface area contributed by atoms with Gasteiger partial charge in [-0.1, -0.05) is 42.5 Å². The molecule has 1 atom stereocenters. The third kappa shape index (κ3) is 4.10. The lowest BCUT2D eigenvalue weighted by atomic mass is 9.97. The molecule has 0 spiro atoms. The van der Waals surface area contributed by atoms with Crippen molar-refractivity contribution in [3.05, 3.63) is 59.7 Å². The number of para-hydroxylation sites is 1. The molecule has 0 aromatic heterocycles. The van der Waals surface area contributed by atoms with E-state index >= 15 is 0 Å². The first-order valence-electron chi connectivity index (χ1n) is 8.93. The lowest BCUT2D eigenvalue weighted by molar-refractivity contribution is 0.349. The van der Waals surface area contributed by atoms with E-state index in [0.29, 0.717) is 31.1 Å². The fourth-order valence-electron chi connectivity index (χ4n) is 3.54. The van der Waals surface area contributed by atoms with Crippen LogP contribution in [0.25, 0.3) is 0 Å². The highest BCUT2D eigenvalue weighted by molar-refractivity contribution is 7.86. The van der Waals surface area contributed by atoms with Crippen molar-refractivity contribution in [2.45, 2.75) is 18.9 Å². The molecule has 27 heavy (non-hydrogen) atoms. The summed E-state index contributed by atoms with van der Waals surface area (Å²) in [5.41, 5.74) is 1.95. The fourth-order valence-corrected chi connectivity index (χ4v) is 4.96. The molecule has 0 N–H and O–H groups in total. The molecule has 1 aliphatic rings. The molecule has 0 saturated carbocycles. The second-order valence-electron chi connectivity index (χ2n) is 6.68. The van der Waals surface area contributed by atoms with Crippen LogP contribution in [0.2, 0.25) is 0 Å². The minimum Gasteiger partial charge on any atom is -0.493 e. The van der Waals surface area contributed by atoms with Gasteiger partial charge in [0.05, 0.1) is 14.2 Å². The van der Waals surface area contributed by atoms with E-state index in [1.54, 1.807) is 25.6 Å². The van der Waals surface area contributed by atoms with E-state index in [1.807, 2.05) is 48.5 Å². The summed E-state index contributed by atoms with van der Waals surface area (Å²) >= 11 is 0. The van der Waals surface area contributed by atoms with E-state index in [9.17, 15) is 8.42 Å². The van der Waals surface area contributed by atoms with Gasteiger partial charge in [-0.15, -0.1) is 0 Å². The lowest BCUT2D eigenvalue weighted by Crippen LogP contribution is -2.40. The van der Waals surface area contributed by atoms with Gasteiger partial charge < -0.3 is 9.47 Å².